The van der Waals surface area contributed by atoms with Gasteiger partial charge in [-0.05, 0) is 37.8 Å². The Labute approximate surface area is 125 Å². The van der Waals surface area contributed by atoms with Gasteiger partial charge in [0, 0.05) is 19.2 Å². The van der Waals surface area contributed by atoms with Crippen LogP contribution >= 0.6 is 11.6 Å². The summed E-state index contributed by atoms with van der Waals surface area (Å²) in [5.41, 5.74) is 0. The Morgan fingerprint density at radius 3 is 2.85 bits per heavy atom. The second-order valence-corrected chi connectivity index (χ2v) is 7.48. The summed E-state index contributed by atoms with van der Waals surface area (Å²) in [4.78, 5) is 0.249. The molecule has 0 bridgehead atoms. The quantitative estimate of drug-likeness (QED) is 0.857. The van der Waals surface area contributed by atoms with Crippen LogP contribution in [0, 0.1) is 5.92 Å². The highest BCUT2D eigenvalue weighted by Gasteiger charge is 2.29. The Bertz CT molecular complexity index is 574. The third kappa shape index (κ3) is 3.27. The first kappa shape index (κ1) is 15.6. The molecule has 2 rings (SSSR count). The molecule has 0 aliphatic carbocycles. The summed E-state index contributed by atoms with van der Waals surface area (Å²) < 4.78 is 32.2. The van der Waals surface area contributed by atoms with Gasteiger partial charge in [0.25, 0.3) is 0 Å². The molecular formula is C14H20ClNO3S. The van der Waals surface area contributed by atoms with E-state index in [0.717, 1.165) is 12.8 Å². The van der Waals surface area contributed by atoms with E-state index in [1.807, 2.05) is 6.92 Å². The monoisotopic (exact) mass is 317 g/mol. The minimum atomic E-state index is -3.46. The highest BCUT2D eigenvalue weighted by molar-refractivity contribution is 7.89. The van der Waals surface area contributed by atoms with Gasteiger partial charge in [-0.3, -0.25) is 0 Å². The maximum atomic E-state index is 12.6. The van der Waals surface area contributed by atoms with Gasteiger partial charge in [0.1, 0.15) is 5.75 Å². The Kier molecular flexibility index (Phi) is 4.94. The van der Waals surface area contributed by atoms with Crippen LogP contribution in [-0.4, -0.2) is 32.4 Å². The molecule has 0 radical (unpaired) electrons. The van der Waals surface area contributed by atoms with E-state index in [1.54, 1.807) is 16.4 Å². The summed E-state index contributed by atoms with van der Waals surface area (Å²) in [7, 11) is -3.46. The fraction of sp³-hybridized carbons (Fsp3) is 0.571. The van der Waals surface area contributed by atoms with E-state index in [9.17, 15) is 8.42 Å². The van der Waals surface area contributed by atoms with Gasteiger partial charge in [-0.2, -0.15) is 4.31 Å². The lowest BCUT2D eigenvalue weighted by Crippen LogP contribution is -2.39. The number of benzene rings is 1. The molecule has 1 aromatic carbocycles. The number of ether oxygens (including phenoxy) is 1. The lowest BCUT2D eigenvalue weighted by Gasteiger charge is -2.30. The Balaban J connectivity index is 2.31. The smallest absolute Gasteiger partial charge is 0.243 e. The van der Waals surface area contributed by atoms with Crippen molar-refractivity contribution < 1.29 is 13.2 Å². The number of rotatable bonds is 4. The largest absolute Gasteiger partial charge is 0.492 e. The molecule has 20 heavy (non-hydrogen) atoms. The van der Waals surface area contributed by atoms with Crippen molar-refractivity contribution in [3.05, 3.63) is 23.2 Å². The van der Waals surface area contributed by atoms with E-state index in [2.05, 4.69) is 6.92 Å². The van der Waals surface area contributed by atoms with Crippen molar-refractivity contribution in [3.8, 4) is 5.75 Å². The first-order valence-corrected chi connectivity index (χ1v) is 8.69. The first-order valence-electron chi connectivity index (χ1n) is 6.87. The molecule has 4 nitrogen and oxygen atoms in total. The lowest BCUT2D eigenvalue weighted by molar-refractivity contribution is 0.281. The maximum absolute atomic E-state index is 12.6. The molecule has 0 saturated carbocycles. The Morgan fingerprint density at radius 2 is 2.20 bits per heavy atom. The number of hydrogen-bond acceptors (Lipinski definition) is 3. The number of piperidine rings is 1. The molecule has 1 heterocycles. The maximum Gasteiger partial charge on any atom is 0.243 e. The van der Waals surface area contributed by atoms with Crippen molar-refractivity contribution >= 4 is 21.6 Å². The summed E-state index contributed by atoms with van der Waals surface area (Å²) >= 11 is 6.00. The molecule has 1 saturated heterocycles. The highest BCUT2D eigenvalue weighted by Crippen LogP contribution is 2.30. The predicted molar refractivity (Wildman–Crippen MR) is 79.8 cm³/mol. The predicted octanol–water partition coefficient (Wildman–Crippen LogP) is 3.16. The van der Waals surface area contributed by atoms with E-state index in [1.165, 1.54) is 6.07 Å². The van der Waals surface area contributed by atoms with Crippen molar-refractivity contribution in [2.24, 2.45) is 5.92 Å². The minimum absolute atomic E-state index is 0.249. The van der Waals surface area contributed by atoms with Crippen LogP contribution in [0.3, 0.4) is 0 Å². The summed E-state index contributed by atoms with van der Waals surface area (Å²) in [5, 5.41) is 0.429. The van der Waals surface area contributed by atoms with Gasteiger partial charge in [-0.15, -0.1) is 0 Å². The highest BCUT2D eigenvalue weighted by atomic mass is 35.5. The van der Waals surface area contributed by atoms with E-state index in [0.29, 0.717) is 36.4 Å². The van der Waals surface area contributed by atoms with Gasteiger partial charge in [0.05, 0.1) is 16.5 Å². The van der Waals surface area contributed by atoms with Crippen LogP contribution in [0.4, 0.5) is 0 Å². The Hall–Kier alpha value is -0.780. The van der Waals surface area contributed by atoms with E-state index in [4.69, 9.17) is 16.3 Å². The summed E-state index contributed by atoms with van der Waals surface area (Å²) in [6.07, 6.45) is 1.99. The SMILES string of the molecule is CCOc1cc(S(=O)(=O)N2CCC[C@@H](C)C2)ccc1Cl. The second kappa shape index (κ2) is 6.33. The number of hydrogen-bond donors (Lipinski definition) is 0. The summed E-state index contributed by atoms with van der Waals surface area (Å²) in [6, 6.07) is 4.63. The third-order valence-electron chi connectivity index (χ3n) is 3.46. The molecule has 1 aliphatic rings. The Morgan fingerprint density at radius 1 is 1.45 bits per heavy atom. The van der Waals surface area contributed by atoms with Gasteiger partial charge in [-0.1, -0.05) is 18.5 Å². The first-order chi connectivity index (χ1) is 9.45. The van der Waals surface area contributed by atoms with E-state index in [-0.39, 0.29) is 4.90 Å². The van der Waals surface area contributed by atoms with Gasteiger partial charge in [0.15, 0.2) is 0 Å². The van der Waals surface area contributed by atoms with Crippen LogP contribution < -0.4 is 4.74 Å². The average molecular weight is 318 g/mol. The van der Waals surface area contributed by atoms with Crippen LogP contribution in [0.5, 0.6) is 5.75 Å². The van der Waals surface area contributed by atoms with Crippen LogP contribution in [0.15, 0.2) is 23.1 Å². The van der Waals surface area contributed by atoms with Gasteiger partial charge in [0.2, 0.25) is 10.0 Å². The fourth-order valence-electron chi connectivity index (χ4n) is 2.42. The van der Waals surface area contributed by atoms with Crippen LogP contribution in [-0.2, 0) is 10.0 Å². The normalized spacial score (nSPS) is 20.9. The zero-order valence-corrected chi connectivity index (χ0v) is 13.4. The zero-order chi connectivity index (χ0) is 14.8. The van der Waals surface area contributed by atoms with Gasteiger partial charge < -0.3 is 4.74 Å². The molecule has 0 N–H and O–H groups in total. The van der Waals surface area contributed by atoms with Crippen molar-refractivity contribution in [2.45, 2.75) is 31.6 Å². The zero-order valence-electron chi connectivity index (χ0n) is 11.8. The second-order valence-electron chi connectivity index (χ2n) is 5.14. The lowest BCUT2D eigenvalue weighted by atomic mass is 10.0. The van der Waals surface area contributed by atoms with Crippen molar-refractivity contribution in [3.63, 3.8) is 0 Å². The van der Waals surface area contributed by atoms with Gasteiger partial charge in [-0.25, -0.2) is 8.42 Å². The molecule has 0 unspecified atom stereocenters. The standard InChI is InChI=1S/C14H20ClNO3S/c1-3-19-14-9-12(6-7-13(14)15)20(17,18)16-8-4-5-11(2)10-16/h6-7,9,11H,3-5,8,10H2,1-2H3/t11-/m1/s1. The third-order valence-corrected chi connectivity index (χ3v) is 5.63. The van der Waals surface area contributed by atoms with Crippen LogP contribution in [0.25, 0.3) is 0 Å². The molecule has 0 aromatic heterocycles. The number of halogens is 1. The van der Waals surface area contributed by atoms with E-state index < -0.39 is 10.0 Å². The molecule has 6 heteroatoms. The van der Waals surface area contributed by atoms with Crippen LogP contribution in [0.2, 0.25) is 5.02 Å². The molecule has 1 aromatic rings. The molecule has 0 spiro atoms. The molecule has 1 aliphatic heterocycles. The molecule has 0 amide bonds. The molecule has 112 valence electrons. The minimum Gasteiger partial charge on any atom is -0.492 e. The number of nitrogens with zero attached hydrogens (tertiary/aromatic N) is 1. The van der Waals surface area contributed by atoms with Crippen molar-refractivity contribution in [2.75, 3.05) is 19.7 Å². The van der Waals surface area contributed by atoms with Crippen molar-refractivity contribution in [1.82, 2.24) is 4.31 Å². The molecule has 1 atom stereocenters. The fourth-order valence-corrected chi connectivity index (χ4v) is 4.21. The van der Waals surface area contributed by atoms with Crippen molar-refractivity contribution in [1.29, 1.82) is 0 Å². The topological polar surface area (TPSA) is 46.6 Å². The summed E-state index contributed by atoms with van der Waals surface area (Å²) in [6.45, 7) is 5.52. The molecular weight excluding hydrogens is 298 g/mol. The van der Waals surface area contributed by atoms with E-state index >= 15 is 0 Å². The molecule has 1 fully saturated rings. The number of sulfonamides is 1. The summed E-state index contributed by atoms with van der Waals surface area (Å²) in [5.74, 6) is 0.817. The van der Waals surface area contributed by atoms with Gasteiger partial charge >= 0.3 is 0 Å². The van der Waals surface area contributed by atoms with Crippen LogP contribution in [0.1, 0.15) is 26.7 Å². The average Bonchev–Trinajstić information content (AvgIpc) is 2.41.